The van der Waals surface area contributed by atoms with Crippen molar-refractivity contribution in [2.45, 2.75) is 19.3 Å². The summed E-state index contributed by atoms with van der Waals surface area (Å²) in [5, 5.41) is 10.9. The quantitative estimate of drug-likeness (QED) is 0.437. The van der Waals surface area contributed by atoms with Crippen molar-refractivity contribution in [3.05, 3.63) is 45.6 Å². The SMILES string of the molecule is COCCN1C(=O)C(c2ccc([N+](=O)[O-])cc2)=C(N2CCCCC2)C1=O. The predicted molar refractivity (Wildman–Crippen MR) is 94.0 cm³/mol. The van der Waals surface area contributed by atoms with Crippen LogP contribution in [0.15, 0.2) is 30.0 Å². The molecule has 0 aromatic heterocycles. The van der Waals surface area contributed by atoms with Crippen LogP contribution in [0.3, 0.4) is 0 Å². The molecule has 0 unspecified atom stereocenters. The highest BCUT2D eigenvalue weighted by atomic mass is 16.6. The summed E-state index contributed by atoms with van der Waals surface area (Å²) in [5.41, 5.74) is 1.19. The van der Waals surface area contributed by atoms with Gasteiger partial charge in [-0.15, -0.1) is 0 Å². The molecule has 2 amide bonds. The van der Waals surface area contributed by atoms with Crippen molar-refractivity contribution in [3.8, 4) is 0 Å². The summed E-state index contributed by atoms with van der Waals surface area (Å²) in [6, 6.07) is 5.77. The molecule has 0 radical (unpaired) electrons. The van der Waals surface area contributed by atoms with E-state index < -0.39 is 4.92 Å². The van der Waals surface area contributed by atoms with E-state index in [-0.39, 0.29) is 30.7 Å². The molecule has 0 atom stereocenters. The van der Waals surface area contributed by atoms with Crippen molar-refractivity contribution >= 4 is 23.1 Å². The third-order valence-corrected chi connectivity index (χ3v) is 4.70. The number of amides is 2. The summed E-state index contributed by atoms with van der Waals surface area (Å²) in [5.74, 6) is -0.691. The minimum absolute atomic E-state index is 0.0538. The molecule has 138 valence electrons. The fourth-order valence-electron chi connectivity index (χ4n) is 3.37. The van der Waals surface area contributed by atoms with Gasteiger partial charge in [-0.2, -0.15) is 0 Å². The van der Waals surface area contributed by atoms with Crippen LogP contribution in [0.5, 0.6) is 0 Å². The van der Waals surface area contributed by atoms with Crippen molar-refractivity contribution < 1.29 is 19.2 Å². The van der Waals surface area contributed by atoms with Crippen LogP contribution < -0.4 is 0 Å². The minimum Gasteiger partial charge on any atom is -0.383 e. The molecule has 0 aliphatic carbocycles. The lowest BCUT2D eigenvalue weighted by Gasteiger charge is -2.29. The molecule has 1 aromatic rings. The summed E-state index contributed by atoms with van der Waals surface area (Å²) < 4.78 is 5.01. The molecule has 3 rings (SSSR count). The molecule has 1 saturated heterocycles. The van der Waals surface area contributed by atoms with Crippen molar-refractivity contribution in [3.63, 3.8) is 0 Å². The number of likely N-dealkylation sites (tertiary alicyclic amines) is 1. The molecular weight excluding hydrogens is 338 g/mol. The first kappa shape index (κ1) is 18.1. The molecule has 8 nitrogen and oxygen atoms in total. The number of nitro benzene ring substituents is 1. The van der Waals surface area contributed by atoms with E-state index in [1.54, 1.807) is 0 Å². The lowest BCUT2D eigenvalue weighted by Crippen LogP contribution is -2.38. The van der Waals surface area contributed by atoms with Crippen molar-refractivity contribution in [2.24, 2.45) is 0 Å². The lowest BCUT2D eigenvalue weighted by atomic mass is 10.0. The van der Waals surface area contributed by atoms with Gasteiger partial charge in [0.2, 0.25) is 0 Å². The lowest BCUT2D eigenvalue weighted by molar-refractivity contribution is -0.384. The molecule has 0 saturated carbocycles. The van der Waals surface area contributed by atoms with E-state index >= 15 is 0 Å². The number of hydrogen-bond acceptors (Lipinski definition) is 6. The summed E-state index contributed by atoms with van der Waals surface area (Å²) in [4.78, 5) is 39.4. The van der Waals surface area contributed by atoms with Gasteiger partial charge in [0.1, 0.15) is 5.70 Å². The molecule has 0 spiro atoms. The largest absolute Gasteiger partial charge is 0.383 e. The smallest absolute Gasteiger partial charge is 0.277 e. The Labute approximate surface area is 151 Å². The molecule has 1 fully saturated rings. The van der Waals surface area contributed by atoms with Crippen LogP contribution in [0.2, 0.25) is 0 Å². The topological polar surface area (TPSA) is 93.0 Å². The normalized spacial score (nSPS) is 18.0. The number of rotatable bonds is 6. The third kappa shape index (κ3) is 3.32. The molecule has 26 heavy (non-hydrogen) atoms. The number of carbonyl (C=O) groups is 2. The zero-order valence-corrected chi connectivity index (χ0v) is 14.6. The average molecular weight is 359 g/mol. The fourth-order valence-corrected chi connectivity index (χ4v) is 3.37. The summed E-state index contributed by atoms with van der Waals surface area (Å²) in [6.45, 7) is 1.90. The Balaban J connectivity index is 2.01. The van der Waals surface area contributed by atoms with Crippen LogP contribution in [0, 0.1) is 10.1 Å². The summed E-state index contributed by atoms with van der Waals surface area (Å²) in [7, 11) is 1.52. The maximum atomic E-state index is 12.9. The minimum atomic E-state index is -0.490. The number of nitro groups is 1. The first-order valence-corrected chi connectivity index (χ1v) is 8.63. The Kier molecular flexibility index (Phi) is 5.32. The second-order valence-corrected chi connectivity index (χ2v) is 6.33. The third-order valence-electron chi connectivity index (χ3n) is 4.70. The molecule has 2 heterocycles. The van der Waals surface area contributed by atoms with Gasteiger partial charge in [-0.3, -0.25) is 24.6 Å². The van der Waals surface area contributed by atoms with Gasteiger partial charge in [-0.1, -0.05) is 0 Å². The van der Waals surface area contributed by atoms with E-state index in [1.165, 1.54) is 36.3 Å². The number of piperidine rings is 1. The van der Waals surface area contributed by atoms with Crippen LogP contribution >= 0.6 is 0 Å². The number of nitrogens with zero attached hydrogens (tertiary/aromatic N) is 3. The summed E-state index contributed by atoms with van der Waals surface area (Å²) in [6.07, 6.45) is 3.04. The first-order chi connectivity index (χ1) is 12.5. The first-order valence-electron chi connectivity index (χ1n) is 8.63. The van der Waals surface area contributed by atoms with E-state index in [0.717, 1.165) is 32.4 Å². The molecule has 0 N–H and O–H groups in total. The second kappa shape index (κ2) is 7.65. The molecule has 0 bridgehead atoms. The molecule has 2 aliphatic rings. The van der Waals surface area contributed by atoms with E-state index in [4.69, 9.17) is 4.74 Å². The number of hydrogen-bond donors (Lipinski definition) is 0. The second-order valence-electron chi connectivity index (χ2n) is 6.33. The highest BCUT2D eigenvalue weighted by Gasteiger charge is 2.41. The van der Waals surface area contributed by atoms with Crippen LogP contribution in [-0.2, 0) is 14.3 Å². The van der Waals surface area contributed by atoms with Gasteiger partial charge in [0, 0.05) is 32.3 Å². The van der Waals surface area contributed by atoms with Gasteiger partial charge in [-0.05, 0) is 37.0 Å². The maximum absolute atomic E-state index is 12.9. The monoisotopic (exact) mass is 359 g/mol. The van der Waals surface area contributed by atoms with Gasteiger partial charge in [0.05, 0.1) is 23.6 Å². The Morgan fingerprint density at radius 1 is 1.08 bits per heavy atom. The van der Waals surface area contributed by atoms with Gasteiger partial charge in [-0.25, -0.2) is 0 Å². The van der Waals surface area contributed by atoms with Gasteiger partial charge < -0.3 is 9.64 Å². The zero-order chi connectivity index (χ0) is 18.7. The fraction of sp³-hybridized carbons (Fsp3) is 0.444. The maximum Gasteiger partial charge on any atom is 0.277 e. The Morgan fingerprint density at radius 3 is 2.31 bits per heavy atom. The Hall–Kier alpha value is -2.74. The molecule has 8 heteroatoms. The molecule has 2 aliphatic heterocycles. The predicted octanol–water partition coefficient (Wildman–Crippen LogP) is 1.81. The van der Waals surface area contributed by atoms with Gasteiger partial charge in [0.25, 0.3) is 17.5 Å². The van der Waals surface area contributed by atoms with Crippen LogP contribution in [0.25, 0.3) is 5.57 Å². The Morgan fingerprint density at radius 2 is 1.73 bits per heavy atom. The van der Waals surface area contributed by atoms with Crippen LogP contribution in [0.4, 0.5) is 5.69 Å². The zero-order valence-electron chi connectivity index (χ0n) is 14.6. The van der Waals surface area contributed by atoms with E-state index in [9.17, 15) is 19.7 Å². The average Bonchev–Trinajstić information content (AvgIpc) is 2.91. The van der Waals surface area contributed by atoms with Crippen molar-refractivity contribution in [1.82, 2.24) is 9.80 Å². The number of benzene rings is 1. The summed E-state index contributed by atoms with van der Waals surface area (Å²) >= 11 is 0. The van der Waals surface area contributed by atoms with Gasteiger partial charge in [0.15, 0.2) is 0 Å². The van der Waals surface area contributed by atoms with Crippen LogP contribution in [0.1, 0.15) is 24.8 Å². The number of imide groups is 1. The van der Waals surface area contributed by atoms with Crippen molar-refractivity contribution in [1.29, 1.82) is 0 Å². The van der Waals surface area contributed by atoms with E-state index in [2.05, 4.69) is 0 Å². The Bertz CT molecular complexity index is 751. The number of carbonyl (C=O) groups excluding carboxylic acids is 2. The number of methoxy groups -OCH3 is 1. The number of ether oxygens (including phenoxy) is 1. The van der Waals surface area contributed by atoms with Crippen molar-refractivity contribution in [2.75, 3.05) is 33.4 Å². The highest BCUT2D eigenvalue weighted by molar-refractivity contribution is 6.35. The molecule has 1 aromatic carbocycles. The van der Waals surface area contributed by atoms with E-state index in [0.29, 0.717) is 16.8 Å². The van der Waals surface area contributed by atoms with Gasteiger partial charge >= 0.3 is 0 Å². The molecular formula is C18H21N3O5. The standard InChI is InChI=1S/C18H21N3O5/c1-26-12-11-20-17(22)15(13-5-7-14(8-6-13)21(24)25)16(18(20)23)19-9-3-2-4-10-19/h5-8H,2-4,9-12H2,1H3. The van der Waals surface area contributed by atoms with E-state index in [1.807, 2.05) is 4.90 Å². The number of non-ortho nitro benzene ring substituents is 1. The van der Waals surface area contributed by atoms with Crippen LogP contribution in [-0.4, -0.2) is 59.9 Å². The highest BCUT2D eigenvalue weighted by Crippen LogP contribution is 2.33.